The Kier molecular flexibility index (Phi) is 6.84. The number of benzene rings is 2. The van der Waals surface area contributed by atoms with Crippen molar-refractivity contribution in [2.24, 2.45) is 0 Å². The van der Waals surface area contributed by atoms with Crippen molar-refractivity contribution >= 4 is 23.6 Å². The summed E-state index contributed by atoms with van der Waals surface area (Å²) < 4.78 is 0. The minimum Gasteiger partial charge on any atom is -0.368 e. The Hall–Kier alpha value is -3.08. The highest BCUT2D eigenvalue weighted by Gasteiger charge is 2.20. The molecule has 0 spiro atoms. The first kappa shape index (κ1) is 19.7. The highest BCUT2D eigenvalue weighted by Crippen LogP contribution is 2.15. The van der Waals surface area contributed by atoms with Crippen LogP contribution in [0, 0.1) is 6.92 Å². The standard InChI is InChI=1S/C23H27N3O2/c1-19-7-9-20(10-8-19)11-12-22(27)24-14-13-23(28)26-17-15-25(16-18-26)21-5-3-2-4-6-21/h2-12H,13-18H2,1H3,(H,24,27)/b12-11+. The van der Waals surface area contributed by atoms with E-state index in [9.17, 15) is 9.59 Å². The molecule has 2 amide bonds. The van der Waals surface area contributed by atoms with E-state index < -0.39 is 0 Å². The molecule has 0 bridgehead atoms. The molecule has 3 rings (SSSR count). The van der Waals surface area contributed by atoms with Crippen LogP contribution in [0.5, 0.6) is 0 Å². The fourth-order valence-corrected chi connectivity index (χ4v) is 3.21. The number of hydrogen-bond donors (Lipinski definition) is 1. The molecule has 5 heteroatoms. The van der Waals surface area contributed by atoms with Crippen LogP contribution in [-0.2, 0) is 9.59 Å². The van der Waals surface area contributed by atoms with Crippen LogP contribution in [0.2, 0.25) is 0 Å². The van der Waals surface area contributed by atoms with Crippen molar-refractivity contribution in [3.05, 3.63) is 71.8 Å². The van der Waals surface area contributed by atoms with Crippen molar-refractivity contribution in [3.8, 4) is 0 Å². The lowest BCUT2D eigenvalue weighted by Crippen LogP contribution is -2.49. The molecule has 0 saturated carbocycles. The number of nitrogens with zero attached hydrogens (tertiary/aromatic N) is 2. The third kappa shape index (κ3) is 5.71. The van der Waals surface area contributed by atoms with Gasteiger partial charge in [-0.3, -0.25) is 9.59 Å². The second kappa shape index (κ2) is 9.74. The van der Waals surface area contributed by atoms with Crippen molar-refractivity contribution in [3.63, 3.8) is 0 Å². The molecule has 1 fully saturated rings. The van der Waals surface area contributed by atoms with Crippen molar-refractivity contribution in [1.82, 2.24) is 10.2 Å². The third-order valence-corrected chi connectivity index (χ3v) is 4.90. The normalized spacial score (nSPS) is 14.3. The minimum atomic E-state index is -0.178. The van der Waals surface area contributed by atoms with E-state index in [2.05, 4.69) is 22.3 Å². The highest BCUT2D eigenvalue weighted by atomic mass is 16.2. The number of anilines is 1. The van der Waals surface area contributed by atoms with Gasteiger partial charge in [-0.25, -0.2) is 0 Å². The molecule has 2 aromatic carbocycles. The van der Waals surface area contributed by atoms with Gasteiger partial charge in [0.25, 0.3) is 0 Å². The van der Waals surface area contributed by atoms with Gasteiger partial charge in [0.15, 0.2) is 0 Å². The Morgan fingerprint density at radius 2 is 1.64 bits per heavy atom. The van der Waals surface area contributed by atoms with E-state index >= 15 is 0 Å². The molecule has 5 nitrogen and oxygen atoms in total. The van der Waals surface area contributed by atoms with Gasteiger partial charge in [-0.2, -0.15) is 0 Å². The maximum Gasteiger partial charge on any atom is 0.244 e. The summed E-state index contributed by atoms with van der Waals surface area (Å²) in [6.45, 7) is 5.49. The molecule has 2 aromatic rings. The molecule has 0 radical (unpaired) electrons. The molecule has 0 unspecified atom stereocenters. The number of carbonyl (C=O) groups excluding carboxylic acids is 2. The first-order valence-electron chi connectivity index (χ1n) is 9.72. The second-order valence-electron chi connectivity index (χ2n) is 6.99. The van der Waals surface area contributed by atoms with Crippen LogP contribution in [0.1, 0.15) is 17.5 Å². The van der Waals surface area contributed by atoms with Crippen LogP contribution in [0.3, 0.4) is 0 Å². The first-order valence-corrected chi connectivity index (χ1v) is 9.72. The SMILES string of the molecule is Cc1ccc(/C=C/C(=O)NCCC(=O)N2CCN(c3ccccc3)CC2)cc1. The number of para-hydroxylation sites is 1. The highest BCUT2D eigenvalue weighted by molar-refractivity contribution is 5.92. The van der Waals surface area contributed by atoms with Gasteiger partial charge in [0, 0.05) is 50.9 Å². The molecular formula is C23H27N3O2. The largest absolute Gasteiger partial charge is 0.368 e. The molecule has 1 heterocycles. The summed E-state index contributed by atoms with van der Waals surface area (Å²) >= 11 is 0. The number of carbonyl (C=O) groups is 2. The number of nitrogens with one attached hydrogen (secondary N) is 1. The van der Waals surface area contributed by atoms with Gasteiger partial charge >= 0.3 is 0 Å². The van der Waals surface area contributed by atoms with Gasteiger partial charge in [-0.1, -0.05) is 48.0 Å². The molecule has 0 atom stereocenters. The van der Waals surface area contributed by atoms with Crippen molar-refractivity contribution in [2.45, 2.75) is 13.3 Å². The number of aryl methyl sites for hydroxylation is 1. The summed E-state index contributed by atoms with van der Waals surface area (Å²) in [6.07, 6.45) is 3.61. The average molecular weight is 377 g/mol. The Balaban J connectivity index is 1.36. The van der Waals surface area contributed by atoms with E-state index in [1.165, 1.54) is 17.3 Å². The van der Waals surface area contributed by atoms with Crippen LogP contribution in [0.25, 0.3) is 6.08 Å². The summed E-state index contributed by atoms with van der Waals surface area (Å²) in [5.74, 6) is -0.0854. The average Bonchev–Trinajstić information content (AvgIpc) is 2.74. The zero-order valence-corrected chi connectivity index (χ0v) is 16.3. The number of piperazine rings is 1. The van der Waals surface area contributed by atoms with Gasteiger partial charge in [0.1, 0.15) is 0 Å². The fraction of sp³-hybridized carbons (Fsp3) is 0.304. The van der Waals surface area contributed by atoms with Gasteiger partial charge in [-0.05, 0) is 30.7 Å². The molecule has 0 aromatic heterocycles. The van der Waals surface area contributed by atoms with Crippen LogP contribution in [-0.4, -0.2) is 49.4 Å². The number of hydrogen-bond acceptors (Lipinski definition) is 3. The molecule has 1 N–H and O–H groups in total. The van der Waals surface area contributed by atoms with E-state index in [4.69, 9.17) is 0 Å². The van der Waals surface area contributed by atoms with E-state index in [1.807, 2.05) is 54.3 Å². The van der Waals surface area contributed by atoms with Gasteiger partial charge < -0.3 is 15.1 Å². The van der Waals surface area contributed by atoms with Gasteiger partial charge in [0.2, 0.25) is 11.8 Å². The van der Waals surface area contributed by atoms with Crippen molar-refractivity contribution in [2.75, 3.05) is 37.6 Å². The molecule has 1 saturated heterocycles. The van der Waals surface area contributed by atoms with Gasteiger partial charge in [-0.15, -0.1) is 0 Å². The Labute approximate surface area is 166 Å². The molecule has 146 valence electrons. The molecular weight excluding hydrogens is 350 g/mol. The van der Waals surface area contributed by atoms with E-state index in [1.54, 1.807) is 6.08 Å². The molecule has 1 aliphatic heterocycles. The zero-order valence-electron chi connectivity index (χ0n) is 16.3. The van der Waals surface area contributed by atoms with Crippen LogP contribution in [0.4, 0.5) is 5.69 Å². The van der Waals surface area contributed by atoms with Gasteiger partial charge in [0.05, 0.1) is 0 Å². The predicted molar refractivity (Wildman–Crippen MR) is 113 cm³/mol. The first-order chi connectivity index (χ1) is 13.6. The summed E-state index contributed by atoms with van der Waals surface area (Å²) in [5.41, 5.74) is 3.36. The maximum atomic E-state index is 12.4. The van der Waals surface area contributed by atoms with Crippen LogP contribution < -0.4 is 10.2 Å². The summed E-state index contributed by atoms with van der Waals surface area (Å²) in [5, 5.41) is 2.79. The number of amides is 2. The Morgan fingerprint density at radius 3 is 2.32 bits per heavy atom. The molecule has 28 heavy (non-hydrogen) atoms. The van der Waals surface area contributed by atoms with E-state index in [0.717, 1.165) is 31.7 Å². The lowest BCUT2D eigenvalue weighted by molar-refractivity contribution is -0.131. The summed E-state index contributed by atoms with van der Waals surface area (Å²) in [4.78, 5) is 28.5. The third-order valence-electron chi connectivity index (χ3n) is 4.90. The zero-order chi connectivity index (χ0) is 19.8. The number of rotatable bonds is 6. The maximum absolute atomic E-state index is 12.4. The fourth-order valence-electron chi connectivity index (χ4n) is 3.21. The Morgan fingerprint density at radius 1 is 0.964 bits per heavy atom. The Bertz CT molecular complexity index is 808. The molecule has 0 aliphatic carbocycles. The van der Waals surface area contributed by atoms with E-state index in [0.29, 0.717) is 13.0 Å². The van der Waals surface area contributed by atoms with E-state index in [-0.39, 0.29) is 11.8 Å². The lowest BCUT2D eigenvalue weighted by Gasteiger charge is -2.36. The smallest absolute Gasteiger partial charge is 0.244 e. The van der Waals surface area contributed by atoms with Crippen LogP contribution >= 0.6 is 0 Å². The predicted octanol–water partition coefficient (Wildman–Crippen LogP) is 2.86. The van der Waals surface area contributed by atoms with Crippen molar-refractivity contribution in [1.29, 1.82) is 0 Å². The topological polar surface area (TPSA) is 52.7 Å². The molecule has 1 aliphatic rings. The quantitative estimate of drug-likeness (QED) is 0.788. The monoisotopic (exact) mass is 377 g/mol. The second-order valence-corrected chi connectivity index (χ2v) is 6.99. The summed E-state index contributed by atoms with van der Waals surface area (Å²) in [6, 6.07) is 18.2. The van der Waals surface area contributed by atoms with Crippen molar-refractivity contribution < 1.29 is 9.59 Å². The summed E-state index contributed by atoms with van der Waals surface area (Å²) in [7, 11) is 0. The minimum absolute atomic E-state index is 0.0931. The lowest BCUT2D eigenvalue weighted by atomic mass is 10.1. The van der Waals surface area contributed by atoms with Crippen LogP contribution in [0.15, 0.2) is 60.7 Å².